The second kappa shape index (κ2) is 5.19. The topological polar surface area (TPSA) is 61.4 Å². The Morgan fingerprint density at radius 3 is 2.82 bits per heavy atom. The van der Waals surface area contributed by atoms with Gasteiger partial charge in [-0.2, -0.15) is 0 Å². The second-order valence-electron chi connectivity index (χ2n) is 4.49. The molecule has 1 aromatic rings. The molecule has 0 radical (unpaired) electrons. The van der Waals surface area contributed by atoms with Crippen LogP contribution >= 0.6 is 0 Å². The van der Waals surface area contributed by atoms with Crippen LogP contribution in [0.2, 0.25) is 0 Å². The molecule has 4 heteroatoms. The maximum atomic E-state index is 11.7. The first-order valence-corrected chi connectivity index (χ1v) is 5.98. The molecule has 0 heterocycles. The summed E-state index contributed by atoms with van der Waals surface area (Å²) in [6.45, 7) is 3.22. The van der Waals surface area contributed by atoms with Crippen LogP contribution in [-0.2, 0) is 0 Å². The Morgan fingerprint density at radius 2 is 2.18 bits per heavy atom. The Balaban J connectivity index is 1.79. The number of carbonyl (C=O) groups is 1. The average Bonchev–Trinajstić information content (AvgIpc) is 3.12. The van der Waals surface area contributed by atoms with Gasteiger partial charge in [0, 0.05) is 24.7 Å². The lowest BCUT2D eigenvalue weighted by atomic mass is 10.1. The van der Waals surface area contributed by atoms with E-state index >= 15 is 0 Å². The summed E-state index contributed by atoms with van der Waals surface area (Å²) in [7, 11) is 0. The van der Waals surface area contributed by atoms with Crippen molar-refractivity contribution in [2.75, 3.05) is 13.1 Å². The van der Waals surface area contributed by atoms with E-state index in [2.05, 4.69) is 10.6 Å². The highest BCUT2D eigenvalue weighted by atomic mass is 16.3. The molecular formula is C13H18N2O2. The van der Waals surface area contributed by atoms with E-state index in [4.69, 9.17) is 0 Å². The van der Waals surface area contributed by atoms with Crippen LogP contribution in [0.1, 0.15) is 28.8 Å². The van der Waals surface area contributed by atoms with E-state index in [0.717, 1.165) is 12.1 Å². The molecule has 0 spiro atoms. The van der Waals surface area contributed by atoms with Gasteiger partial charge in [-0.1, -0.05) is 6.07 Å². The van der Waals surface area contributed by atoms with Crippen molar-refractivity contribution in [3.05, 3.63) is 29.3 Å². The van der Waals surface area contributed by atoms with Crippen LogP contribution in [0.5, 0.6) is 5.75 Å². The highest BCUT2D eigenvalue weighted by Crippen LogP contribution is 2.18. The normalized spacial score (nSPS) is 14.6. The molecule has 3 N–H and O–H groups in total. The molecule has 4 nitrogen and oxygen atoms in total. The summed E-state index contributed by atoms with van der Waals surface area (Å²) >= 11 is 0. The van der Waals surface area contributed by atoms with Gasteiger partial charge in [-0.3, -0.25) is 4.79 Å². The standard InChI is InChI=1S/C13H18N2O2/c1-9-2-3-10(8-12(9)16)13(17)15-7-6-14-11-4-5-11/h2-3,8,11,14,16H,4-7H2,1H3,(H,15,17). The molecule has 0 bridgehead atoms. The number of aryl methyl sites for hydroxylation is 1. The molecule has 1 fully saturated rings. The zero-order valence-electron chi connectivity index (χ0n) is 9.99. The van der Waals surface area contributed by atoms with E-state index in [1.165, 1.54) is 18.9 Å². The number of carbonyl (C=O) groups excluding carboxylic acids is 1. The highest BCUT2D eigenvalue weighted by Gasteiger charge is 2.19. The molecule has 1 amide bonds. The zero-order chi connectivity index (χ0) is 12.3. The van der Waals surface area contributed by atoms with Crippen LogP contribution in [0.15, 0.2) is 18.2 Å². The summed E-state index contributed by atoms with van der Waals surface area (Å²) in [5.74, 6) is 0.0200. The fourth-order valence-corrected chi connectivity index (χ4v) is 1.59. The number of nitrogens with one attached hydrogen (secondary N) is 2. The monoisotopic (exact) mass is 234 g/mol. The van der Waals surface area contributed by atoms with Gasteiger partial charge in [0.2, 0.25) is 0 Å². The number of benzene rings is 1. The number of hydrogen-bond donors (Lipinski definition) is 3. The van der Waals surface area contributed by atoms with Gasteiger partial charge in [0.05, 0.1) is 0 Å². The Kier molecular flexibility index (Phi) is 3.64. The summed E-state index contributed by atoms with van der Waals surface area (Å²) in [4.78, 5) is 11.7. The lowest BCUT2D eigenvalue weighted by Gasteiger charge is -2.07. The Bertz CT molecular complexity index is 414. The summed E-state index contributed by atoms with van der Waals surface area (Å²) in [6, 6.07) is 5.63. The minimum atomic E-state index is -0.141. The Labute approximate surface area is 101 Å². The molecule has 0 atom stereocenters. The van der Waals surface area contributed by atoms with Crippen LogP contribution in [-0.4, -0.2) is 30.1 Å². The minimum absolute atomic E-state index is 0.141. The number of hydrogen-bond acceptors (Lipinski definition) is 3. The number of phenols is 1. The predicted octanol–water partition coefficient (Wildman–Crippen LogP) is 1.18. The van der Waals surface area contributed by atoms with Crippen molar-refractivity contribution in [3.63, 3.8) is 0 Å². The van der Waals surface area contributed by atoms with Crippen LogP contribution in [0, 0.1) is 6.92 Å². The van der Waals surface area contributed by atoms with E-state index in [1.807, 2.05) is 0 Å². The van der Waals surface area contributed by atoms with E-state index in [1.54, 1.807) is 19.1 Å². The van der Waals surface area contributed by atoms with Crippen LogP contribution in [0.4, 0.5) is 0 Å². The molecule has 0 unspecified atom stereocenters. The maximum Gasteiger partial charge on any atom is 0.251 e. The molecule has 1 aliphatic rings. The molecule has 2 rings (SSSR count). The van der Waals surface area contributed by atoms with Crippen molar-refractivity contribution in [1.82, 2.24) is 10.6 Å². The van der Waals surface area contributed by atoms with Gasteiger partial charge in [0.1, 0.15) is 5.75 Å². The molecule has 1 aromatic carbocycles. The summed E-state index contributed by atoms with van der Waals surface area (Å²) in [6.07, 6.45) is 2.50. The predicted molar refractivity (Wildman–Crippen MR) is 66.2 cm³/mol. The maximum absolute atomic E-state index is 11.7. The van der Waals surface area contributed by atoms with E-state index in [0.29, 0.717) is 18.2 Å². The second-order valence-corrected chi connectivity index (χ2v) is 4.49. The van der Waals surface area contributed by atoms with Gasteiger partial charge in [-0.25, -0.2) is 0 Å². The smallest absolute Gasteiger partial charge is 0.251 e. The number of amides is 1. The van der Waals surface area contributed by atoms with Crippen LogP contribution < -0.4 is 10.6 Å². The Hall–Kier alpha value is -1.55. The lowest BCUT2D eigenvalue weighted by Crippen LogP contribution is -2.32. The molecule has 17 heavy (non-hydrogen) atoms. The van der Waals surface area contributed by atoms with Crippen molar-refractivity contribution in [2.24, 2.45) is 0 Å². The molecule has 0 aromatic heterocycles. The quantitative estimate of drug-likeness (QED) is 0.670. The summed E-state index contributed by atoms with van der Waals surface area (Å²) in [5.41, 5.74) is 1.27. The fraction of sp³-hybridized carbons (Fsp3) is 0.462. The molecule has 92 valence electrons. The van der Waals surface area contributed by atoms with Gasteiger partial charge in [0.25, 0.3) is 5.91 Å². The van der Waals surface area contributed by atoms with Gasteiger partial charge in [-0.15, -0.1) is 0 Å². The van der Waals surface area contributed by atoms with Crippen molar-refractivity contribution < 1.29 is 9.90 Å². The van der Waals surface area contributed by atoms with E-state index in [9.17, 15) is 9.90 Å². The van der Waals surface area contributed by atoms with E-state index < -0.39 is 0 Å². The molecule has 0 saturated heterocycles. The van der Waals surface area contributed by atoms with Crippen LogP contribution in [0.25, 0.3) is 0 Å². The van der Waals surface area contributed by atoms with Crippen molar-refractivity contribution in [3.8, 4) is 5.75 Å². The third kappa shape index (κ3) is 3.46. The first-order chi connectivity index (χ1) is 8.16. The largest absolute Gasteiger partial charge is 0.508 e. The van der Waals surface area contributed by atoms with Crippen molar-refractivity contribution in [2.45, 2.75) is 25.8 Å². The average molecular weight is 234 g/mol. The first kappa shape index (κ1) is 11.9. The number of aromatic hydroxyl groups is 1. The molecule has 1 saturated carbocycles. The van der Waals surface area contributed by atoms with Crippen molar-refractivity contribution >= 4 is 5.91 Å². The lowest BCUT2D eigenvalue weighted by molar-refractivity contribution is 0.0953. The van der Waals surface area contributed by atoms with Crippen LogP contribution in [0.3, 0.4) is 0 Å². The molecule has 1 aliphatic carbocycles. The van der Waals surface area contributed by atoms with Gasteiger partial charge in [-0.05, 0) is 37.5 Å². The third-order valence-electron chi connectivity index (χ3n) is 2.89. The minimum Gasteiger partial charge on any atom is -0.508 e. The fourth-order valence-electron chi connectivity index (χ4n) is 1.59. The molecular weight excluding hydrogens is 216 g/mol. The third-order valence-corrected chi connectivity index (χ3v) is 2.89. The SMILES string of the molecule is Cc1ccc(C(=O)NCCNC2CC2)cc1O. The Morgan fingerprint density at radius 1 is 1.41 bits per heavy atom. The number of rotatable bonds is 5. The highest BCUT2D eigenvalue weighted by molar-refractivity contribution is 5.94. The van der Waals surface area contributed by atoms with Gasteiger partial charge in [0.15, 0.2) is 0 Å². The first-order valence-electron chi connectivity index (χ1n) is 5.98. The number of phenolic OH excluding ortho intramolecular Hbond substituents is 1. The molecule has 0 aliphatic heterocycles. The van der Waals surface area contributed by atoms with E-state index in [-0.39, 0.29) is 11.7 Å². The summed E-state index contributed by atoms with van der Waals surface area (Å²) < 4.78 is 0. The summed E-state index contributed by atoms with van der Waals surface area (Å²) in [5, 5.41) is 15.6. The van der Waals surface area contributed by atoms with Gasteiger partial charge >= 0.3 is 0 Å². The van der Waals surface area contributed by atoms with Crippen molar-refractivity contribution in [1.29, 1.82) is 0 Å². The zero-order valence-corrected chi connectivity index (χ0v) is 9.99. The van der Waals surface area contributed by atoms with Gasteiger partial charge < -0.3 is 15.7 Å².